The summed E-state index contributed by atoms with van der Waals surface area (Å²) in [5, 5.41) is 8.49. The number of anilines is 1. The fraction of sp³-hybridized carbons (Fsp3) is 0.316. The van der Waals surface area contributed by atoms with Gasteiger partial charge in [0.25, 0.3) is 0 Å². The highest BCUT2D eigenvalue weighted by molar-refractivity contribution is 7.20. The summed E-state index contributed by atoms with van der Waals surface area (Å²) in [7, 11) is 1.52. The number of ether oxygens (including phenoxy) is 1. The first-order valence-electron chi connectivity index (χ1n) is 8.57. The van der Waals surface area contributed by atoms with Gasteiger partial charge in [-0.25, -0.2) is 4.79 Å². The van der Waals surface area contributed by atoms with Crippen molar-refractivity contribution in [3.63, 3.8) is 0 Å². The monoisotopic (exact) mass is 389 g/mol. The quantitative estimate of drug-likeness (QED) is 0.602. The van der Waals surface area contributed by atoms with E-state index in [1.807, 2.05) is 30.3 Å². The standard InChI is InChI=1S/C19H23N3O4S/c1-4-26-19(25)14-10-15(13-8-6-5-7-9-13)27-18(14)22-17(24)12(2)21-11-16(23)20-3/h5-10,12,21H,4,11H2,1-3H3,(H,20,23)(H,22,24)/t12-/m0/s1. The Morgan fingerprint density at radius 2 is 1.89 bits per heavy atom. The third-order valence-electron chi connectivity index (χ3n) is 3.76. The smallest absolute Gasteiger partial charge is 0.341 e. The Hall–Kier alpha value is -2.71. The molecule has 1 atom stereocenters. The van der Waals surface area contributed by atoms with E-state index in [1.54, 1.807) is 19.9 Å². The molecule has 2 aromatic rings. The first kappa shape index (κ1) is 20.6. The van der Waals surface area contributed by atoms with E-state index < -0.39 is 12.0 Å². The zero-order valence-corrected chi connectivity index (χ0v) is 16.3. The van der Waals surface area contributed by atoms with Crippen LogP contribution in [0.5, 0.6) is 0 Å². The van der Waals surface area contributed by atoms with Crippen molar-refractivity contribution in [2.24, 2.45) is 0 Å². The van der Waals surface area contributed by atoms with Crippen LogP contribution in [0.15, 0.2) is 36.4 Å². The van der Waals surface area contributed by atoms with Crippen LogP contribution in [0.2, 0.25) is 0 Å². The maximum atomic E-state index is 12.4. The topological polar surface area (TPSA) is 96.5 Å². The average molecular weight is 389 g/mol. The van der Waals surface area contributed by atoms with Crippen LogP contribution in [0.3, 0.4) is 0 Å². The number of thiophene rings is 1. The summed E-state index contributed by atoms with van der Waals surface area (Å²) in [4.78, 5) is 36.9. The van der Waals surface area contributed by atoms with Crippen molar-refractivity contribution in [2.75, 3.05) is 25.5 Å². The number of nitrogens with one attached hydrogen (secondary N) is 3. The second-order valence-corrected chi connectivity index (χ2v) is 6.76. The second-order valence-electron chi connectivity index (χ2n) is 5.70. The third-order valence-corrected chi connectivity index (χ3v) is 4.86. The van der Waals surface area contributed by atoms with E-state index in [-0.39, 0.29) is 25.0 Å². The van der Waals surface area contributed by atoms with Crippen molar-refractivity contribution in [1.82, 2.24) is 10.6 Å². The summed E-state index contributed by atoms with van der Waals surface area (Å²) in [6, 6.07) is 10.7. The number of carbonyl (C=O) groups is 3. The fourth-order valence-corrected chi connectivity index (χ4v) is 3.29. The first-order chi connectivity index (χ1) is 13.0. The van der Waals surface area contributed by atoms with Crippen molar-refractivity contribution in [2.45, 2.75) is 19.9 Å². The van der Waals surface area contributed by atoms with Gasteiger partial charge in [0.1, 0.15) is 5.00 Å². The van der Waals surface area contributed by atoms with Crippen LogP contribution in [0.4, 0.5) is 5.00 Å². The maximum Gasteiger partial charge on any atom is 0.341 e. The first-order valence-corrected chi connectivity index (χ1v) is 9.39. The summed E-state index contributed by atoms with van der Waals surface area (Å²) in [5.41, 5.74) is 1.26. The Labute approximate surface area is 162 Å². The minimum absolute atomic E-state index is 0.0233. The van der Waals surface area contributed by atoms with E-state index in [9.17, 15) is 14.4 Å². The van der Waals surface area contributed by atoms with Gasteiger partial charge in [0, 0.05) is 11.9 Å². The van der Waals surface area contributed by atoms with Crippen LogP contribution in [0.1, 0.15) is 24.2 Å². The predicted octanol–water partition coefficient (Wildman–Crippen LogP) is 2.25. The zero-order chi connectivity index (χ0) is 19.8. The Bertz CT molecular complexity index is 805. The van der Waals surface area contributed by atoms with Crippen LogP contribution in [-0.2, 0) is 14.3 Å². The van der Waals surface area contributed by atoms with E-state index in [4.69, 9.17) is 4.74 Å². The number of carbonyl (C=O) groups excluding carboxylic acids is 3. The fourth-order valence-electron chi connectivity index (χ4n) is 2.24. The lowest BCUT2D eigenvalue weighted by atomic mass is 10.1. The lowest BCUT2D eigenvalue weighted by Gasteiger charge is -2.13. The van der Waals surface area contributed by atoms with Crippen LogP contribution >= 0.6 is 11.3 Å². The van der Waals surface area contributed by atoms with Gasteiger partial charge in [-0.2, -0.15) is 0 Å². The van der Waals surface area contributed by atoms with Gasteiger partial charge < -0.3 is 15.4 Å². The molecule has 1 aromatic heterocycles. The molecule has 1 heterocycles. The summed E-state index contributed by atoms with van der Waals surface area (Å²) in [6.07, 6.45) is 0. The number of likely N-dealkylation sites (N-methyl/N-ethyl adjacent to an activating group) is 1. The summed E-state index contributed by atoms with van der Waals surface area (Å²) >= 11 is 1.30. The van der Waals surface area contributed by atoms with Crippen LogP contribution in [0, 0.1) is 0 Å². The van der Waals surface area contributed by atoms with Crippen LogP contribution < -0.4 is 16.0 Å². The Balaban J connectivity index is 2.20. The molecule has 2 amide bonds. The molecule has 0 saturated carbocycles. The second kappa shape index (κ2) is 9.84. The largest absolute Gasteiger partial charge is 0.462 e. The lowest BCUT2D eigenvalue weighted by molar-refractivity contribution is -0.120. The molecule has 8 heteroatoms. The van der Waals surface area contributed by atoms with Crippen molar-refractivity contribution < 1.29 is 19.1 Å². The van der Waals surface area contributed by atoms with E-state index in [0.717, 1.165) is 10.4 Å². The van der Waals surface area contributed by atoms with Crippen molar-refractivity contribution >= 4 is 34.1 Å². The SMILES string of the molecule is CCOC(=O)c1cc(-c2ccccc2)sc1NC(=O)[C@H](C)NCC(=O)NC. The van der Waals surface area contributed by atoms with Gasteiger partial charge in [0.15, 0.2) is 0 Å². The minimum atomic E-state index is -0.611. The number of rotatable bonds is 8. The van der Waals surface area contributed by atoms with Gasteiger partial charge in [-0.1, -0.05) is 30.3 Å². The molecule has 1 aromatic carbocycles. The lowest BCUT2D eigenvalue weighted by Crippen LogP contribution is -2.43. The molecule has 0 fully saturated rings. The van der Waals surface area contributed by atoms with Gasteiger partial charge in [-0.05, 0) is 25.5 Å². The van der Waals surface area contributed by atoms with Gasteiger partial charge in [0.2, 0.25) is 11.8 Å². The summed E-state index contributed by atoms with van der Waals surface area (Å²) in [5.74, 6) is -1.05. The summed E-state index contributed by atoms with van der Waals surface area (Å²) in [6.45, 7) is 3.64. The maximum absolute atomic E-state index is 12.4. The van der Waals surface area contributed by atoms with Gasteiger partial charge >= 0.3 is 5.97 Å². The molecular formula is C19H23N3O4S. The number of esters is 1. The normalized spacial score (nSPS) is 11.5. The highest BCUT2D eigenvalue weighted by Crippen LogP contribution is 2.36. The molecule has 0 bridgehead atoms. The molecule has 0 unspecified atom stereocenters. The number of amides is 2. The van der Waals surface area contributed by atoms with Crippen molar-refractivity contribution in [3.05, 3.63) is 42.0 Å². The molecule has 0 aliphatic carbocycles. The molecule has 144 valence electrons. The Kier molecular flexibility index (Phi) is 7.51. The van der Waals surface area contributed by atoms with Gasteiger partial charge in [0.05, 0.1) is 24.8 Å². The van der Waals surface area contributed by atoms with Crippen LogP contribution in [0.25, 0.3) is 10.4 Å². The Morgan fingerprint density at radius 3 is 2.52 bits per heavy atom. The molecule has 0 saturated heterocycles. The average Bonchev–Trinajstić information content (AvgIpc) is 3.10. The van der Waals surface area contributed by atoms with Gasteiger partial charge in [-0.15, -0.1) is 11.3 Å². The molecule has 0 aliphatic rings. The minimum Gasteiger partial charge on any atom is -0.462 e. The number of benzene rings is 1. The molecule has 0 radical (unpaired) electrons. The van der Waals surface area contributed by atoms with E-state index in [0.29, 0.717) is 10.6 Å². The van der Waals surface area contributed by atoms with E-state index in [2.05, 4.69) is 16.0 Å². The van der Waals surface area contributed by atoms with Crippen molar-refractivity contribution in [3.8, 4) is 10.4 Å². The van der Waals surface area contributed by atoms with E-state index in [1.165, 1.54) is 18.4 Å². The van der Waals surface area contributed by atoms with Crippen LogP contribution in [-0.4, -0.2) is 44.0 Å². The van der Waals surface area contributed by atoms with Gasteiger partial charge in [-0.3, -0.25) is 14.9 Å². The molecule has 2 rings (SSSR count). The Morgan fingerprint density at radius 1 is 1.19 bits per heavy atom. The zero-order valence-electron chi connectivity index (χ0n) is 15.5. The third kappa shape index (κ3) is 5.63. The molecular weight excluding hydrogens is 366 g/mol. The molecule has 7 nitrogen and oxygen atoms in total. The van der Waals surface area contributed by atoms with Crippen molar-refractivity contribution in [1.29, 1.82) is 0 Å². The highest BCUT2D eigenvalue weighted by Gasteiger charge is 2.22. The highest BCUT2D eigenvalue weighted by atomic mass is 32.1. The molecule has 0 aliphatic heterocycles. The molecule has 0 spiro atoms. The predicted molar refractivity (Wildman–Crippen MR) is 106 cm³/mol. The number of hydrogen-bond donors (Lipinski definition) is 3. The van der Waals surface area contributed by atoms with E-state index >= 15 is 0 Å². The number of hydrogen-bond acceptors (Lipinski definition) is 6. The summed E-state index contributed by atoms with van der Waals surface area (Å²) < 4.78 is 5.10. The molecule has 27 heavy (non-hydrogen) atoms. The molecule has 3 N–H and O–H groups in total.